The summed E-state index contributed by atoms with van der Waals surface area (Å²) in [6.45, 7) is 5.72. The van der Waals surface area contributed by atoms with Crippen LogP contribution in [0, 0.1) is 13.8 Å². The number of thiazole rings is 1. The van der Waals surface area contributed by atoms with E-state index in [4.69, 9.17) is 4.42 Å². The van der Waals surface area contributed by atoms with E-state index in [1.807, 2.05) is 32.2 Å². The van der Waals surface area contributed by atoms with Crippen LogP contribution in [0.25, 0.3) is 4.96 Å². The second-order valence-corrected chi connectivity index (χ2v) is 7.65. The van der Waals surface area contributed by atoms with Crippen LogP contribution in [0.2, 0.25) is 0 Å². The summed E-state index contributed by atoms with van der Waals surface area (Å²) < 4.78 is 7.02. The molecule has 6 nitrogen and oxygen atoms in total. The van der Waals surface area contributed by atoms with Gasteiger partial charge in [-0.25, -0.2) is 4.98 Å². The number of hydrogen-bond acceptors (Lipinski definition) is 6. The summed E-state index contributed by atoms with van der Waals surface area (Å²) in [6, 6.07) is 3.36. The summed E-state index contributed by atoms with van der Waals surface area (Å²) in [5, 5.41) is 4.80. The van der Waals surface area contributed by atoms with Crippen LogP contribution in [0.3, 0.4) is 0 Å². The number of carbonyl (C=O) groups excluding carboxylic acids is 1. The van der Waals surface area contributed by atoms with Gasteiger partial charge in [0.05, 0.1) is 17.5 Å². The fourth-order valence-electron chi connectivity index (χ4n) is 2.65. The Balaban J connectivity index is 1.53. The van der Waals surface area contributed by atoms with Crippen LogP contribution in [-0.4, -0.2) is 21.0 Å². The Hall–Kier alpha value is -2.06. The van der Waals surface area contributed by atoms with Gasteiger partial charge in [0, 0.05) is 29.0 Å². The van der Waals surface area contributed by atoms with Gasteiger partial charge in [-0.3, -0.25) is 14.0 Å². The van der Waals surface area contributed by atoms with Crippen LogP contribution < -0.4 is 10.9 Å². The monoisotopic (exact) mass is 377 g/mol. The third kappa shape index (κ3) is 4.13. The van der Waals surface area contributed by atoms with Crippen molar-refractivity contribution in [1.82, 2.24) is 14.7 Å². The third-order valence-electron chi connectivity index (χ3n) is 3.76. The molecule has 8 heteroatoms. The summed E-state index contributed by atoms with van der Waals surface area (Å²) in [6.07, 6.45) is 1.71. The van der Waals surface area contributed by atoms with E-state index >= 15 is 0 Å². The second-order valence-electron chi connectivity index (χ2n) is 5.79. The van der Waals surface area contributed by atoms with E-state index in [-0.39, 0.29) is 17.5 Å². The molecular weight excluding hydrogens is 358 g/mol. The fourth-order valence-corrected chi connectivity index (χ4v) is 4.12. The van der Waals surface area contributed by atoms with E-state index in [0.29, 0.717) is 22.2 Å². The molecule has 1 N–H and O–H groups in total. The van der Waals surface area contributed by atoms with Gasteiger partial charge in [0.25, 0.3) is 5.56 Å². The van der Waals surface area contributed by atoms with E-state index in [0.717, 1.165) is 17.1 Å². The van der Waals surface area contributed by atoms with Gasteiger partial charge in [0.2, 0.25) is 5.91 Å². The number of furan rings is 1. The lowest BCUT2D eigenvalue weighted by Gasteiger charge is -2.13. The highest BCUT2D eigenvalue weighted by atomic mass is 32.2. The maximum absolute atomic E-state index is 12.1. The highest BCUT2D eigenvalue weighted by Gasteiger charge is 2.15. The number of aryl methyl sites for hydroxylation is 2. The number of rotatable bonds is 6. The number of carbonyl (C=O) groups is 1. The minimum atomic E-state index is -0.101. The van der Waals surface area contributed by atoms with Crippen LogP contribution in [0.1, 0.15) is 35.7 Å². The number of amides is 1. The molecule has 0 fully saturated rings. The van der Waals surface area contributed by atoms with Crippen molar-refractivity contribution in [2.75, 3.05) is 5.75 Å². The Kier molecular flexibility index (Phi) is 5.29. The van der Waals surface area contributed by atoms with E-state index in [9.17, 15) is 9.59 Å². The maximum Gasteiger partial charge on any atom is 0.258 e. The zero-order chi connectivity index (χ0) is 18.0. The minimum absolute atomic E-state index is 0.0512. The predicted octanol–water partition coefficient (Wildman–Crippen LogP) is 3.08. The smallest absolute Gasteiger partial charge is 0.258 e. The second kappa shape index (κ2) is 7.45. The molecule has 3 aromatic heterocycles. The van der Waals surface area contributed by atoms with Crippen molar-refractivity contribution in [1.29, 1.82) is 0 Å². The molecule has 25 heavy (non-hydrogen) atoms. The van der Waals surface area contributed by atoms with Crippen LogP contribution in [0.15, 0.2) is 32.9 Å². The quantitative estimate of drug-likeness (QED) is 0.714. The summed E-state index contributed by atoms with van der Waals surface area (Å²) in [5.41, 5.74) is 1.60. The van der Waals surface area contributed by atoms with Gasteiger partial charge in [0.1, 0.15) is 11.5 Å². The molecule has 0 aliphatic carbocycles. The van der Waals surface area contributed by atoms with E-state index in [2.05, 4.69) is 10.3 Å². The van der Waals surface area contributed by atoms with Crippen molar-refractivity contribution in [3.8, 4) is 0 Å². The zero-order valence-electron chi connectivity index (χ0n) is 14.2. The van der Waals surface area contributed by atoms with E-state index in [1.54, 1.807) is 6.20 Å². The Labute approximate surface area is 153 Å². The van der Waals surface area contributed by atoms with Gasteiger partial charge >= 0.3 is 0 Å². The Morgan fingerprint density at radius 1 is 1.44 bits per heavy atom. The Morgan fingerprint density at radius 2 is 2.24 bits per heavy atom. The molecular formula is C17H19N3O3S2. The number of nitrogens with zero attached hydrogens (tertiary/aromatic N) is 2. The van der Waals surface area contributed by atoms with Crippen LogP contribution in [0.4, 0.5) is 0 Å². The maximum atomic E-state index is 12.1. The van der Waals surface area contributed by atoms with Crippen LogP contribution >= 0.6 is 23.1 Å². The summed E-state index contributed by atoms with van der Waals surface area (Å²) in [4.78, 5) is 29.2. The Morgan fingerprint density at radius 3 is 2.96 bits per heavy atom. The molecule has 132 valence electrons. The molecule has 0 aliphatic heterocycles. The number of nitrogens with one attached hydrogen (secondary N) is 1. The van der Waals surface area contributed by atoms with Gasteiger partial charge in [0.15, 0.2) is 4.96 Å². The summed E-state index contributed by atoms with van der Waals surface area (Å²) in [7, 11) is 0. The summed E-state index contributed by atoms with van der Waals surface area (Å²) >= 11 is 2.86. The van der Waals surface area contributed by atoms with Crippen molar-refractivity contribution in [2.24, 2.45) is 0 Å². The molecule has 1 amide bonds. The molecule has 0 saturated heterocycles. The van der Waals surface area contributed by atoms with Crippen molar-refractivity contribution >= 4 is 34.0 Å². The molecule has 0 aromatic carbocycles. The highest BCUT2D eigenvalue weighted by molar-refractivity contribution is 7.99. The predicted molar refractivity (Wildman–Crippen MR) is 100 cm³/mol. The normalized spacial score (nSPS) is 12.4. The summed E-state index contributed by atoms with van der Waals surface area (Å²) in [5.74, 6) is 2.45. The fraction of sp³-hybridized carbons (Fsp3) is 0.353. The molecule has 3 aromatic rings. The van der Waals surface area contributed by atoms with Gasteiger partial charge in [-0.2, -0.15) is 0 Å². The first-order valence-corrected chi connectivity index (χ1v) is 9.87. The number of fused-ring (bicyclic) bond motifs is 1. The van der Waals surface area contributed by atoms with Crippen molar-refractivity contribution in [3.05, 3.63) is 56.8 Å². The first kappa shape index (κ1) is 17.8. The van der Waals surface area contributed by atoms with Gasteiger partial charge in [-0.05, 0) is 26.8 Å². The highest BCUT2D eigenvalue weighted by Crippen LogP contribution is 2.21. The van der Waals surface area contributed by atoms with Gasteiger partial charge in [-0.15, -0.1) is 23.1 Å². The Bertz CT molecular complexity index is 958. The first-order chi connectivity index (χ1) is 11.9. The average molecular weight is 377 g/mol. The van der Waals surface area contributed by atoms with Crippen LogP contribution in [-0.2, 0) is 10.5 Å². The lowest BCUT2D eigenvalue weighted by Crippen LogP contribution is -2.28. The topological polar surface area (TPSA) is 76.6 Å². The lowest BCUT2D eigenvalue weighted by molar-refractivity contribution is -0.119. The molecule has 1 unspecified atom stereocenters. The van der Waals surface area contributed by atoms with Crippen molar-refractivity contribution in [3.63, 3.8) is 0 Å². The number of thioether (sulfide) groups is 1. The van der Waals surface area contributed by atoms with Crippen molar-refractivity contribution < 1.29 is 9.21 Å². The molecule has 0 radical (unpaired) electrons. The van der Waals surface area contributed by atoms with Gasteiger partial charge in [-0.1, -0.05) is 0 Å². The first-order valence-electron chi connectivity index (χ1n) is 7.84. The van der Waals surface area contributed by atoms with E-state index < -0.39 is 0 Å². The van der Waals surface area contributed by atoms with Crippen molar-refractivity contribution in [2.45, 2.75) is 32.6 Å². The number of aromatic nitrogens is 2. The average Bonchev–Trinajstić information content (AvgIpc) is 3.13. The zero-order valence-corrected chi connectivity index (χ0v) is 15.9. The van der Waals surface area contributed by atoms with Crippen LogP contribution in [0.5, 0.6) is 0 Å². The molecule has 3 heterocycles. The van der Waals surface area contributed by atoms with E-state index in [1.165, 1.54) is 33.6 Å². The molecule has 0 spiro atoms. The molecule has 1 atom stereocenters. The largest absolute Gasteiger partial charge is 0.466 e. The minimum Gasteiger partial charge on any atom is -0.466 e. The lowest BCUT2D eigenvalue weighted by atomic mass is 10.1. The molecule has 0 bridgehead atoms. The molecule has 0 aliphatic rings. The standard InChI is InChI=1S/C17H19N3O3S2/c1-10-6-14(12(3)23-10)11(2)18-15(21)9-24-8-13-7-16(22)20-4-5-25-17(20)19-13/h4-7,11H,8-9H2,1-3H3,(H,18,21). The number of hydrogen-bond donors (Lipinski definition) is 1. The molecule has 3 rings (SSSR count). The van der Waals surface area contributed by atoms with Gasteiger partial charge < -0.3 is 9.73 Å². The molecule has 0 saturated carbocycles. The third-order valence-corrected chi connectivity index (χ3v) is 5.49. The SMILES string of the molecule is Cc1cc(C(C)NC(=O)CSCc2cc(=O)n3ccsc3n2)c(C)o1.